The second-order valence-electron chi connectivity index (χ2n) is 6.33. The van der Waals surface area contributed by atoms with Gasteiger partial charge in [-0.3, -0.25) is 9.48 Å². The van der Waals surface area contributed by atoms with E-state index in [-0.39, 0.29) is 11.9 Å². The molecule has 0 N–H and O–H groups in total. The van der Waals surface area contributed by atoms with E-state index in [9.17, 15) is 4.79 Å². The summed E-state index contributed by atoms with van der Waals surface area (Å²) in [5.41, 5.74) is 2.36. The van der Waals surface area contributed by atoms with E-state index in [1.165, 1.54) is 0 Å². The van der Waals surface area contributed by atoms with Crippen molar-refractivity contribution in [3.05, 3.63) is 60.2 Å². The number of hydrogen-bond donors (Lipinski definition) is 0. The lowest BCUT2D eigenvalue weighted by Crippen LogP contribution is -2.38. The van der Waals surface area contributed by atoms with Crippen LogP contribution in [0.4, 0.5) is 0 Å². The molecule has 0 radical (unpaired) electrons. The summed E-state index contributed by atoms with van der Waals surface area (Å²) >= 11 is 0. The molecule has 1 aliphatic heterocycles. The van der Waals surface area contributed by atoms with Gasteiger partial charge in [-0.2, -0.15) is 5.10 Å². The number of nitrogens with zero attached hydrogens (tertiary/aromatic N) is 6. The number of para-hydroxylation sites is 1. The number of carbonyl (C=O) groups excluding carboxylic acids is 1. The zero-order valence-electron chi connectivity index (χ0n) is 14.1. The van der Waals surface area contributed by atoms with E-state index in [2.05, 4.69) is 15.4 Å². The maximum absolute atomic E-state index is 13.1. The van der Waals surface area contributed by atoms with Crippen LogP contribution in [0, 0.1) is 6.92 Å². The molecule has 0 unspecified atom stereocenters. The van der Waals surface area contributed by atoms with E-state index in [1.54, 1.807) is 15.6 Å². The first-order chi connectivity index (χ1) is 12.2. The molecular weight excluding hydrogens is 316 g/mol. The van der Waals surface area contributed by atoms with Crippen LogP contribution in [0.25, 0.3) is 5.69 Å². The third-order valence-electron chi connectivity index (χ3n) is 4.66. The summed E-state index contributed by atoms with van der Waals surface area (Å²) < 4.78 is 3.56. The summed E-state index contributed by atoms with van der Waals surface area (Å²) in [7, 11) is 0. The van der Waals surface area contributed by atoms with Gasteiger partial charge in [0.05, 0.1) is 35.7 Å². The maximum atomic E-state index is 13.1. The van der Waals surface area contributed by atoms with Gasteiger partial charge in [-0.1, -0.05) is 23.4 Å². The Morgan fingerprint density at radius 3 is 2.88 bits per heavy atom. The molecule has 0 bridgehead atoms. The number of benzene rings is 1. The van der Waals surface area contributed by atoms with E-state index in [1.807, 2.05) is 54.5 Å². The fourth-order valence-corrected chi connectivity index (χ4v) is 3.38. The number of aromatic nitrogens is 5. The van der Waals surface area contributed by atoms with Gasteiger partial charge in [0, 0.05) is 18.9 Å². The molecular formula is C18H20N6O. The van der Waals surface area contributed by atoms with E-state index >= 15 is 0 Å². The molecule has 1 aliphatic rings. The molecule has 7 nitrogen and oxygen atoms in total. The summed E-state index contributed by atoms with van der Waals surface area (Å²) in [6.07, 6.45) is 7.32. The molecule has 2 aromatic heterocycles. The molecule has 3 heterocycles. The second-order valence-corrected chi connectivity index (χ2v) is 6.33. The topological polar surface area (TPSA) is 68.8 Å². The zero-order valence-corrected chi connectivity index (χ0v) is 14.1. The third kappa shape index (κ3) is 3.05. The van der Waals surface area contributed by atoms with Crippen molar-refractivity contribution in [3.8, 4) is 5.69 Å². The first-order valence-electron chi connectivity index (χ1n) is 8.49. The van der Waals surface area contributed by atoms with Crippen LogP contribution in [0.15, 0.2) is 48.9 Å². The highest BCUT2D eigenvalue weighted by Crippen LogP contribution is 2.23. The van der Waals surface area contributed by atoms with Gasteiger partial charge in [-0.15, -0.1) is 5.10 Å². The van der Waals surface area contributed by atoms with Crippen LogP contribution in [0.1, 0.15) is 28.9 Å². The van der Waals surface area contributed by atoms with Crippen molar-refractivity contribution in [2.24, 2.45) is 0 Å². The molecule has 1 aromatic carbocycles. The summed E-state index contributed by atoms with van der Waals surface area (Å²) in [6.45, 7) is 3.33. The van der Waals surface area contributed by atoms with Crippen LogP contribution in [-0.2, 0) is 6.54 Å². The number of aryl methyl sites for hydroxylation is 1. The van der Waals surface area contributed by atoms with Gasteiger partial charge in [0.1, 0.15) is 0 Å². The van der Waals surface area contributed by atoms with Gasteiger partial charge < -0.3 is 4.90 Å². The SMILES string of the molecule is Cc1nn(-c2ccccc2)cc1C(=O)N1CCC[C@H]1Cn1ccnn1. The lowest BCUT2D eigenvalue weighted by atomic mass is 10.2. The standard InChI is InChI=1S/C18H20N6O/c1-14-17(13-24(20-14)15-6-3-2-4-7-15)18(25)23-10-5-8-16(23)12-22-11-9-19-21-22/h2-4,6-7,9,11,13,16H,5,8,10,12H2,1H3/t16-/m0/s1. The third-order valence-corrected chi connectivity index (χ3v) is 4.66. The Labute approximate surface area is 145 Å². The van der Waals surface area contributed by atoms with Gasteiger partial charge in [0.15, 0.2) is 0 Å². The highest BCUT2D eigenvalue weighted by Gasteiger charge is 2.31. The Hall–Kier alpha value is -2.96. The quantitative estimate of drug-likeness (QED) is 0.731. The van der Waals surface area contributed by atoms with Crippen LogP contribution in [0.3, 0.4) is 0 Å². The molecule has 3 aromatic rings. The van der Waals surface area contributed by atoms with Gasteiger partial charge in [-0.05, 0) is 31.9 Å². The molecule has 4 rings (SSSR count). The largest absolute Gasteiger partial charge is 0.334 e. The summed E-state index contributed by atoms with van der Waals surface area (Å²) in [4.78, 5) is 15.0. The van der Waals surface area contributed by atoms with Crippen molar-refractivity contribution in [1.29, 1.82) is 0 Å². The highest BCUT2D eigenvalue weighted by molar-refractivity contribution is 5.95. The molecule has 1 amide bonds. The number of hydrogen-bond acceptors (Lipinski definition) is 4. The Bertz CT molecular complexity index is 855. The monoisotopic (exact) mass is 336 g/mol. The van der Waals surface area contributed by atoms with Crippen LogP contribution in [-0.4, -0.2) is 48.2 Å². The summed E-state index contributed by atoms with van der Waals surface area (Å²) in [5.74, 6) is 0.0438. The minimum atomic E-state index is 0.0438. The van der Waals surface area contributed by atoms with Crippen LogP contribution >= 0.6 is 0 Å². The van der Waals surface area contributed by atoms with Gasteiger partial charge >= 0.3 is 0 Å². The Balaban J connectivity index is 1.57. The highest BCUT2D eigenvalue weighted by atomic mass is 16.2. The van der Waals surface area contributed by atoms with Crippen molar-refractivity contribution >= 4 is 5.91 Å². The predicted molar refractivity (Wildman–Crippen MR) is 92.4 cm³/mol. The molecule has 7 heteroatoms. The van der Waals surface area contributed by atoms with E-state index in [0.717, 1.165) is 30.8 Å². The fraction of sp³-hybridized carbons (Fsp3) is 0.333. The Kier molecular flexibility index (Phi) is 4.05. The molecule has 0 saturated carbocycles. The van der Waals surface area contributed by atoms with E-state index in [0.29, 0.717) is 12.1 Å². The zero-order chi connectivity index (χ0) is 17.2. The van der Waals surface area contributed by atoms with Crippen LogP contribution in [0.2, 0.25) is 0 Å². The number of carbonyl (C=O) groups is 1. The fourth-order valence-electron chi connectivity index (χ4n) is 3.38. The molecule has 1 fully saturated rings. The first kappa shape index (κ1) is 15.6. The maximum Gasteiger partial charge on any atom is 0.257 e. The number of likely N-dealkylation sites (tertiary alicyclic amines) is 1. The first-order valence-corrected chi connectivity index (χ1v) is 8.49. The second kappa shape index (κ2) is 6.51. The van der Waals surface area contributed by atoms with Crippen molar-refractivity contribution in [2.45, 2.75) is 32.4 Å². The molecule has 25 heavy (non-hydrogen) atoms. The van der Waals surface area contributed by atoms with E-state index in [4.69, 9.17) is 0 Å². The van der Waals surface area contributed by atoms with Crippen LogP contribution < -0.4 is 0 Å². The molecule has 1 saturated heterocycles. The van der Waals surface area contributed by atoms with Crippen molar-refractivity contribution in [2.75, 3.05) is 6.54 Å². The molecule has 0 spiro atoms. The van der Waals surface area contributed by atoms with E-state index < -0.39 is 0 Å². The van der Waals surface area contributed by atoms with Gasteiger partial charge in [0.2, 0.25) is 0 Å². The van der Waals surface area contributed by atoms with Crippen molar-refractivity contribution in [3.63, 3.8) is 0 Å². The average molecular weight is 336 g/mol. The lowest BCUT2D eigenvalue weighted by Gasteiger charge is -2.24. The number of rotatable bonds is 4. The van der Waals surface area contributed by atoms with Crippen molar-refractivity contribution in [1.82, 2.24) is 29.7 Å². The normalized spacial score (nSPS) is 17.2. The van der Waals surface area contributed by atoms with Gasteiger partial charge in [0.25, 0.3) is 5.91 Å². The Morgan fingerprint density at radius 2 is 2.12 bits per heavy atom. The van der Waals surface area contributed by atoms with Crippen molar-refractivity contribution < 1.29 is 4.79 Å². The minimum Gasteiger partial charge on any atom is -0.334 e. The predicted octanol–water partition coefficient (Wildman–Crippen LogP) is 2.08. The minimum absolute atomic E-state index is 0.0438. The average Bonchev–Trinajstić information content (AvgIpc) is 3.37. The van der Waals surface area contributed by atoms with Crippen LogP contribution in [0.5, 0.6) is 0 Å². The van der Waals surface area contributed by atoms with Gasteiger partial charge in [-0.25, -0.2) is 4.68 Å². The smallest absolute Gasteiger partial charge is 0.257 e. The molecule has 1 atom stereocenters. The summed E-state index contributed by atoms with van der Waals surface area (Å²) in [6, 6.07) is 9.98. The lowest BCUT2D eigenvalue weighted by molar-refractivity contribution is 0.0720. The Morgan fingerprint density at radius 1 is 1.28 bits per heavy atom. The molecule has 0 aliphatic carbocycles. The number of amides is 1. The summed E-state index contributed by atoms with van der Waals surface area (Å²) in [5, 5.41) is 12.4. The molecule has 128 valence electrons.